The quantitative estimate of drug-likeness (QED) is 0.357. The molecule has 0 aliphatic heterocycles. The molecule has 122 valence electrons. The molecule has 1 rings (SSSR count). The Bertz CT molecular complexity index is 578. The van der Waals surface area contributed by atoms with Crippen LogP contribution in [0.15, 0.2) is 18.2 Å². The number of methoxy groups -OCH3 is 1. The van der Waals surface area contributed by atoms with E-state index in [1.54, 1.807) is 12.1 Å². The predicted octanol–water partition coefficient (Wildman–Crippen LogP) is 3.69. The Labute approximate surface area is 131 Å². The van der Waals surface area contributed by atoms with Crippen molar-refractivity contribution < 1.29 is 18.9 Å². The zero-order chi connectivity index (χ0) is 17.1. The van der Waals surface area contributed by atoms with Crippen LogP contribution in [-0.2, 0) is 16.0 Å². The van der Waals surface area contributed by atoms with Crippen molar-refractivity contribution in [1.29, 1.82) is 0 Å². The van der Waals surface area contributed by atoms with Crippen molar-refractivity contribution in [3.63, 3.8) is 0 Å². The van der Waals surface area contributed by atoms with Gasteiger partial charge in [0.2, 0.25) is 0 Å². The van der Waals surface area contributed by atoms with Gasteiger partial charge in [-0.25, -0.2) is 0 Å². The molecule has 0 amide bonds. The van der Waals surface area contributed by atoms with Crippen LogP contribution in [0.2, 0.25) is 18.1 Å². The van der Waals surface area contributed by atoms with Crippen LogP contribution in [0.1, 0.15) is 26.3 Å². The summed E-state index contributed by atoms with van der Waals surface area (Å²) in [4.78, 5) is 22.1. The van der Waals surface area contributed by atoms with Crippen molar-refractivity contribution in [3.8, 4) is 5.75 Å². The van der Waals surface area contributed by atoms with Crippen LogP contribution in [0, 0.1) is 10.1 Å². The van der Waals surface area contributed by atoms with Crippen LogP contribution in [0.25, 0.3) is 0 Å². The molecule has 7 heteroatoms. The average Bonchev–Trinajstić information content (AvgIpc) is 2.38. The Kier molecular flexibility index (Phi) is 5.34. The average molecular weight is 325 g/mol. The summed E-state index contributed by atoms with van der Waals surface area (Å²) in [5.74, 6) is -0.183. The minimum Gasteiger partial charge on any atom is -0.539 e. The van der Waals surface area contributed by atoms with Crippen LogP contribution in [0.3, 0.4) is 0 Å². The Balaban J connectivity index is 3.16. The van der Waals surface area contributed by atoms with Gasteiger partial charge < -0.3 is 9.16 Å². The fourth-order valence-electron chi connectivity index (χ4n) is 1.57. The monoisotopic (exact) mass is 325 g/mol. The first kappa shape index (κ1) is 18.2. The van der Waals surface area contributed by atoms with Crippen LogP contribution in [0.5, 0.6) is 5.75 Å². The first-order valence-electron chi connectivity index (χ1n) is 7.01. The summed E-state index contributed by atoms with van der Waals surface area (Å²) in [6.45, 7) is 10.3. The van der Waals surface area contributed by atoms with Gasteiger partial charge in [-0.2, -0.15) is 0 Å². The normalized spacial score (nSPS) is 11.9. The van der Waals surface area contributed by atoms with Crippen molar-refractivity contribution in [2.75, 3.05) is 7.11 Å². The molecule has 1 aromatic carbocycles. The summed E-state index contributed by atoms with van der Waals surface area (Å²) in [6, 6.07) is 4.60. The van der Waals surface area contributed by atoms with E-state index in [0.717, 1.165) is 0 Å². The zero-order valence-electron chi connectivity index (χ0n) is 13.9. The Morgan fingerprint density at radius 1 is 1.32 bits per heavy atom. The molecule has 0 radical (unpaired) electrons. The lowest BCUT2D eigenvalue weighted by atomic mass is 10.1. The number of esters is 1. The molecule has 0 unspecified atom stereocenters. The third-order valence-electron chi connectivity index (χ3n) is 3.97. The first-order valence-corrected chi connectivity index (χ1v) is 9.92. The fourth-order valence-corrected chi connectivity index (χ4v) is 2.60. The third kappa shape index (κ3) is 4.30. The molecule has 1 aromatic rings. The van der Waals surface area contributed by atoms with E-state index in [-0.39, 0.29) is 22.9 Å². The van der Waals surface area contributed by atoms with Gasteiger partial charge in [-0.15, -0.1) is 0 Å². The maximum atomic E-state index is 11.3. The van der Waals surface area contributed by atoms with Crippen LogP contribution in [0.4, 0.5) is 5.69 Å². The van der Waals surface area contributed by atoms with E-state index in [4.69, 9.17) is 4.43 Å². The molecule has 0 aliphatic rings. The molecular formula is C15H23NO5Si. The molecular weight excluding hydrogens is 302 g/mol. The van der Waals surface area contributed by atoms with E-state index in [2.05, 4.69) is 25.5 Å². The predicted molar refractivity (Wildman–Crippen MR) is 86.6 cm³/mol. The van der Waals surface area contributed by atoms with Gasteiger partial charge in [0.1, 0.15) is 0 Å². The highest BCUT2D eigenvalue weighted by Crippen LogP contribution is 2.40. The van der Waals surface area contributed by atoms with E-state index < -0.39 is 19.2 Å². The molecule has 0 aliphatic carbocycles. The molecule has 0 spiro atoms. The summed E-state index contributed by atoms with van der Waals surface area (Å²) in [6.07, 6.45) is -0.00227. The second kappa shape index (κ2) is 6.47. The van der Waals surface area contributed by atoms with E-state index in [1.807, 2.05) is 13.1 Å². The maximum absolute atomic E-state index is 11.3. The second-order valence-corrected chi connectivity index (χ2v) is 11.4. The van der Waals surface area contributed by atoms with E-state index in [9.17, 15) is 14.9 Å². The van der Waals surface area contributed by atoms with Crippen molar-refractivity contribution in [1.82, 2.24) is 0 Å². The number of carbonyl (C=O) groups is 1. The lowest BCUT2D eigenvalue weighted by Crippen LogP contribution is -2.44. The fraction of sp³-hybridized carbons (Fsp3) is 0.533. The molecule has 0 fully saturated rings. The van der Waals surface area contributed by atoms with Crippen LogP contribution in [-0.4, -0.2) is 26.3 Å². The van der Waals surface area contributed by atoms with Gasteiger partial charge in [0, 0.05) is 6.07 Å². The molecule has 0 N–H and O–H groups in total. The summed E-state index contributed by atoms with van der Waals surface area (Å²) in [7, 11) is -0.892. The van der Waals surface area contributed by atoms with Crippen LogP contribution < -0.4 is 4.43 Å². The van der Waals surface area contributed by atoms with Crippen molar-refractivity contribution in [3.05, 3.63) is 33.9 Å². The second-order valence-electron chi connectivity index (χ2n) is 6.67. The van der Waals surface area contributed by atoms with E-state index in [0.29, 0.717) is 5.56 Å². The topological polar surface area (TPSA) is 78.7 Å². The summed E-state index contributed by atoms with van der Waals surface area (Å²) < 4.78 is 10.6. The van der Waals surface area contributed by atoms with E-state index >= 15 is 0 Å². The number of nitro groups is 1. The molecule has 6 nitrogen and oxygen atoms in total. The zero-order valence-corrected chi connectivity index (χ0v) is 14.9. The van der Waals surface area contributed by atoms with Crippen LogP contribution >= 0.6 is 0 Å². The van der Waals surface area contributed by atoms with Crippen molar-refractivity contribution in [2.24, 2.45) is 0 Å². The molecule has 0 saturated heterocycles. The lowest BCUT2D eigenvalue weighted by Gasteiger charge is -2.36. The van der Waals surface area contributed by atoms with Gasteiger partial charge in [0.15, 0.2) is 5.75 Å². The molecule has 22 heavy (non-hydrogen) atoms. The van der Waals surface area contributed by atoms with Gasteiger partial charge in [0.25, 0.3) is 8.32 Å². The van der Waals surface area contributed by atoms with Gasteiger partial charge in [-0.05, 0) is 29.8 Å². The highest BCUT2D eigenvalue weighted by molar-refractivity contribution is 6.74. The highest BCUT2D eigenvalue weighted by Gasteiger charge is 2.40. The van der Waals surface area contributed by atoms with Crippen molar-refractivity contribution in [2.45, 2.75) is 45.3 Å². The highest BCUT2D eigenvalue weighted by atomic mass is 28.4. The largest absolute Gasteiger partial charge is 0.539 e. The van der Waals surface area contributed by atoms with Crippen molar-refractivity contribution >= 4 is 20.0 Å². The Morgan fingerprint density at radius 2 is 1.91 bits per heavy atom. The minimum absolute atomic E-state index is 0.00227. The van der Waals surface area contributed by atoms with Gasteiger partial charge in [-0.1, -0.05) is 26.8 Å². The summed E-state index contributed by atoms with van der Waals surface area (Å²) >= 11 is 0. The number of ether oxygens (including phenoxy) is 1. The standard InChI is InChI=1S/C15H23NO5Si/c1-15(2,3)22(5,6)21-13-8-7-11(10-14(17)20-4)9-12(13)16(18)19/h7-9H,10H2,1-6H3. The van der Waals surface area contributed by atoms with Gasteiger partial charge in [-0.3, -0.25) is 14.9 Å². The molecule has 0 bridgehead atoms. The summed E-state index contributed by atoms with van der Waals surface area (Å²) in [5, 5.41) is 11.2. The first-order chi connectivity index (χ1) is 9.98. The van der Waals surface area contributed by atoms with Gasteiger partial charge in [0.05, 0.1) is 18.5 Å². The molecule has 0 saturated carbocycles. The Morgan fingerprint density at radius 3 is 2.36 bits per heavy atom. The SMILES string of the molecule is COC(=O)Cc1ccc(O[Si](C)(C)C(C)(C)C)c([N+](=O)[O-])c1. The third-order valence-corrected chi connectivity index (χ3v) is 8.31. The minimum atomic E-state index is -2.18. The number of carbonyl (C=O) groups excluding carboxylic acids is 1. The number of rotatable bonds is 5. The summed E-state index contributed by atoms with van der Waals surface area (Å²) in [5.41, 5.74) is 0.410. The number of hydrogen-bond acceptors (Lipinski definition) is 5. The smallest absolute Gasteiger partial charge is 0.309 e. The molecule has 0 atom stereocenters. The van der Waals surface area contributed by atoms with E-state index in [1.165, 1.54) is 13.2 Å². The lowest BCUT2D eigenvalue weighted by molar-refractivity contribution is -0.385. The maximum Gasteiger partial charge on any atom is 0.309 e. The van der Waals surface area contributed by atoms with Gasteiger partial charge >= 0.3 is 11.7 Å². The number of benzene rings is 1. The molecule has 0 aromatic heterocycles. The number of hydrogen-bond donors (Lipinski definition) is 0. The molecule has 0 heterocycles. The Hall–Kier alpha value is -1.89. The number of nitrogens with zero attached hydrogens (tertiary/aromatic N) is 1. The number of nitro benzene ring substituents is 1.